The van der Waals surface area contributed by atoms with Crippen LogP contribution in [0.1, 0.15) is 22.3 Å². The van der Waals surface area contributed by atoms with Crippen LogP contribution in [0.15, 0.2) is 42.5 Å². The molecule has 0 bridgehead atoms. The molecular formula is C17H16FN3O4. The van der Waals surface area contributed by atoms with Gasteiger partial charge in [-0.15, -0.1) is 0 Å². The fourth-order valence-corrected chi connectivity index (χ4v) is 2.11. The van der Waals surface area contributed by atoms with Crippen molar-refractivity contribution < 1.29 is 18.9 Å². The van der Waals surface area contributed by atoms with Crippen LogP contribution in [-0.4, -0.2) is 23.3 Å². The zero-order chi connectivity index (χ0) is 18.4. The van der Waals surface area contributed by atoms with Crippen molar-refractivity contribution in [1.29, 1.82) is 0 Å². The normalized spacial score (nSPS) is 10.2. The molecule has 0 unspecified atom stereocenters. The Morgan fingerprint density at radius 2 is 1.84 bits per heavy atom. The number of nitrogens with one attached hydrogen (secondary N) is 2. The average Bonchev–Trinajstić information content (AvgIpc) is 2.57. The number of hydrogen-bond donors (Lipinski definition) is 2. The molecule has 2 rings (SSSR count). The van der Waals surface area contributed by atoms with Crippen LogP contribution in [0.3, 0.4) is 0 Å². The second-order valence-electron chi connectivity index (χ2n) is 5.32. The summed E-state index contributed by atoms with van der Waals surface area (Å²) in [7, 11) is 0. The maximum Gasteiger partial charge on any atom is 0.269 e. The van der Waals surface area contributed by atoms with Gasteiger partial charge in [0.15, 0.2) is 0 Å². The molecule has 0 fully saturated rings. The Morgan fingerprint density at radius 1 is 1.16 bits per heavy atom. The first-order chi connectivity index (χ1) is 11.9. The summed E-state index contributed by atoms with van der Waals surface area (Å²) >= 11 is 0. The molecule has 7 nitrogen and oxygen atoms in total. The second-order valence-corrected chi connectivity index (χ2v) is 5.32. The van der Waals surface area contributed by atoms with E-state index in [4.69, 9.17) is 0 Å². The topological polar surface area (TPSA) is 101 Å². The van der Waals surface area contributed by atoms with Crippen LogP contribution in [0.4, 0.5) is 15.8 Å². The van der Waals surface area contributed by atoms with Gasteiger partial charge in [-0.05, 0) is 42.8 Å². The SMILES string of the molecule is Cc1cc(F)ccc1NC(=O)CCNC(=O)c1ccc([N+](=O)[O-])cc1. The molecule has 2 amide bonds. The third kappa shape index (κ3) is 5.10. The quantitative estimate of drug-likeness (QED) is 0.621. The predicted molar refractivity (Wildman–Crippen MR) is 89.8 cm³/mol. The Hall–Kier alpha value is -3.29. The first kappa shape index (κ1) is 18.1. The van der Waals surface area contributed by atoms with Gasteiger partial charge in [0.1, 0.15) is 5.82 Å². The Labute approximate surface area is 143 Å². The van der Waals surface area contributed by atoms with E-state index in [0.717, 1.165) is 0 Å². The number of anilines is 1. The molecule has 25 heavy (non-hydrogen) atoms. The third-order valence-corrected chi connectivity index (χ3v) is 3.44. The minimum absolute atomic E-state index is 0.0372. The van der Waals surface area contributed by atoms with Gasteiger partial charge in [-0.25, -0.2) is 4.39 Å². The summed E-state index contributed by atoms with van der Waals surface area (Å²) < 4.78 is 13.0. The number of nitro benzene ring substituents is 1. The van der Waals surface area contributed by atoms with Gasteiger partial charge in [-0.1, -0.05) is 0 Å². The maximum absolute atomic E-state index is 13.0. The highest BCUT2D eigenvalue weighted by Crippen LogP contribution is 2.15. The summed E-state index contributed by atoms with van der Waals surface area (Å²) in [6.07, 6.45) is 0.0372. The number of carbonyl (C=O) groups is 2. The van der Waals surface area contributed by atoms with E-state index in [9.17, 15) is 24.1 Å². The van der Waals surface area contributed by atoms with Gasteiger partial charge in [0.05, 0.1) is 4.92 Å². The van der Waals surface area contributed by atoms with E-state index < -0.39 is 10.8 Å². The highest BCUT2D eigenvalue weighted by atomic mass is 19.1. The van der Waals surface area contributed by atoms with E-state index >= 15 is 0 Å². The lowest BCUT2D eigenvalue weighted by Gasteiger charge is -2.09. The molecule has 2 aromatic carbocycles. The summed E-state index contributed by atoms with van der Waals surface area (Å²) in [6, 6.07) is 9.19. The highest BCUT2D eigenvalue weighted by Gasteiger charge is 2.10. The molecule has 2 aromatic rings. The Balaban J connectivity index is 1.82. The average molecular weight is 345 g/mol. The second kappa shape index (κ2) is 8.00. The van der Waals surface area contributed by atoms with Crippen molar-refractivity contribution >= 4 is 23.2 Å². The molecule has 0 heterocycles. The number of aryl methyl sites for hydroxylation is 1. The van der Waals surface area contributed by atoms with Crippen LogP contribution in [0.25, 0.3) is 0 Å². The van der Waals surface area contributed by atoms with Crippen LogP contribution >= 0.6 is 0 Å². The number of nitrogens with zero attached hydrogens (tertiary/aromatic N) is 1. The molecule has 0 aromatic heterocycles. The van der Waals surface area contributed by atoms with Crippen LogP contribution in [-0.2, 0) is 4.79 Å². The number of hydrogen-bond acceptors (Lipinski definition) is 4. The third-order valence-electron chi connectivity index (χ3n) is 3.44. The number of amides is 2. The van der Waals surface area contributed by atoms with E-state index in [-0.39, 0.29) is 35.9 Å². The molecule has 0 atom stereocenters. The number of halogens is 1. The number of carbonyl (C=O) groups excluding carboxylic acids is 2. The molecule has 0 saturated heterocycles. The minimum Gasteiger partial charge on any atom is -0.352 e. The standard InChI is InChI=1S/C17H16FN3O4/c1-11-10-13(18)4-7-15(11)20-16(22)8-9-19-17(23)12-2-5-14(6-3-12)21(24)25/h2-7,10H,8-9H2,1H3,(H,19,23)(H,20,22). The number of benzene rings is 2. The smallest absolute Gasteiger partial charge is 0.269 e. The highest BCUT2D eigenvalue weighted by molar-refractivity contribution is 5.95. The summed E-state index contributed by atoms with van der Waals surface area (Å²) in [6.45, 7) is 1.77. The van der Waals surface area contributed by atoms with Gasteiger partial charge in [0.2, 0.25) is 5.91 Å². The van der Waals surface area contributed by atoms with E-state index in [2.05, 4.69) is 10.6 Å². The number of rotatable bonds is 6. The summed E-state index contributed by atoms with van der Waals surface area (Å²) in [4.78, 5) is 33.8. The minimum atomic E-state index is -0.552. The molecule has 8 heteroatoms. The molecule has 0 aliphatic rings. The van der Waals surface area contributed by atoms with Crippen molar-refractivity contribution in [3.05, 3.63) is 69.5 Å². The van der Waals surface area contributed by atoms with Crippen molar-refractivity contribution in [3.8, 4) is 0 Å². The number of nitro groups is 1. The number of non-ortho nitro benzene ring substituents is 1. The molecule has 2 N–H and O–H groups in total. The van der Waals surface area contributed by atoms with E-state index in [0.29, 0.717) is 11.3 Å². The first-order valence-corrected chi connectivity index (χ1v) is 7.45. The van der Waals surface area contributed by atoms with Gasteiger partial charge < -0.3 is 10.6 Å². The van der Waals surface area contributed by atoms with Crippen molar-refractivity contribution in [2.24, 2.45) is 0 Å². The van der Waals surface area contributed by atoms with Crippen molar-refractivity contribution in [3.63, 3.8) is 0 Å². The van der Waals surface area contributed by atoms with Gasteiger partial charge in [-0.3, -0.25) is 19.7 Å². The largest absolute Gasteiger partial charge is 0.352 e. The fraction of sp³-hybridized carbons (Fsp3) is 0.176. The van der Waals surface area contributed by atoms with Gasteiger partial charge >= 0.3 is 0 Å². The van der Waals surface area contributed by atoms with Crippen molar-refractivity contribution in [2.75, 3.05) is 11.9 Å². The lowest BCUT2D eigenvalue weighted by molar-refractivity contribution is -0.384. The van der Waals surface area contributed by atoms with Crippen molar-refractivity contribution in [1.82, 2.24) is 5.32 Å². The molecule has 130 valence electrons. The zero-order valence-electron chi connectivity index (χ0n) is 13.4. The molecular weight excluding hydrogens is 329 g/mol. The molecule has 0 spiro atoms. The van der Waals surface area contributed by atoms with Crippen LogP contribution in [0.5, 0.6) is 0 Å². The Morgan fingerprint density at radius 3 is 2.44 bits per heavy atom. The maximum atomic E-state index is 13.0. The summed E-state index contributed by atoms with van der Waals surface area (Å²) in [5.41, 5.74) is 1.27. The lowest BCUT2D eigenvalue weighted by atomic mass is 10.2. The zero-order valence-corrected chi connectivity index (χ0v) is 13.4. The van der Waals surface area contributed by atoms with E-state index in [1.807, 2.05) is 0 Å². The van der Waals surface area contributed by atoms with Gasteiger partial charge in [-0.2, -0.15) is 0 Å². The fourth-order valence-electron chi connectivity index (χ4n) is 2.11. The monoisotopic (exact) mass is 345 g/mol. The van der Waals surface area contributed by atoms with Crippen LogP contribution < -0.4 is 10.6 Å². The van der Waals surface area contributed by atoms with E-state index in [1.54, 1.807) is 6.92 Å². The Kier molecular flexibility index (Phi) is 5.78. The van der Waals surface area contributed by atoms with Crippen LogP contribution in [0.2, 0.25) is 0 Å². The van der Waals surface area contributed by atoms with Gasteiger partial charge in [0, 0.05) is 36.3 Å². The summed E-state index contributed by atoms with van der Waals surface area (Å²) in [5.74, 6) is -1.13. The molecule has 0 radical (unpaired) electrons. The van der Waals surface area contributed by atoms with Gasteiger partial charge in [0.25, 0.3) is 11.6 Å². The Bertz CT molecular complexity index is 806. The lowest BCUT2D eigenvalue weighted by Crippen LogP contribution is -2.27. The van der Waals surface area contributed by atoms with E-state index in [1.165, 1.54) is 42.5 Å². The van der Waals surface area contributed by atoms with Crippen molar-refractivity contribution in [2.45, 2.75) is 13.3 Å². The predicted octanol–water partition coefficient (Wildman–Crippen LogP) is 2.80. The molecule has 0 aliphatic carbocycles. The molecule has 0 saturated carbocycles. The van der Waals surface area contributed by atoms with Crippen LogP contribution in [0, 0.1) is 22.9 Å². The first-order valence-electron chi connectivity index (χ1n) is 7.45. The summed E-state index contributed by atoms with van der Waals surface area (Å²) in [5, 5.41) is 15.8. The molecule has 0 aliphatic heterocycles.